The van der Waals surface area contributed by atoms with Gasteiger partial charge in [-0.2, -0.15) is 0 Å². The van der Waals surface area contributed by atoms with Gasteiger partial charge in [-0.15, -0.1) is 0 Å². The predicted molar refractivity (Wildman–Crippen MR) is 83.1 cm³/mol. The maximum absolute atomic E-state index is 10.9. The van der Waals surface area contributed by atoms with Crippen molar-refractivity contribution in [2.24, 2.45) is 0 Å². The zero-order valence-electron chi connectivity index (χ0n) is 11.8. The van der Waals surface area contributed by atoms with Gasteiger partial charge in [0.1, 0.15) is 5.75 Å². The van der Waals surface area contributed by atoms with Gasteiger partial charge in [-0.05, 0) is 29.8 Å². The second-order valence-corrected chi connectivity index (χ2v) is 5.52. The van der Waals surface area contributed by atoms with E-state index in [0.29, 0.717) is 11.3 Å². The van der Waals surface area contributed by atoms with Crippen LogP contribution < -0.4 is 9.84 Å². The number of carbonyl (C=O) groups is 1. The number of ether oxygens (including phenoxy) is 1. The number of carboxylic acids is 1. The number of hydrogen-bond donors (Lipinski definition) is 0. The molecular weight excluding hydrogens is 345 g/mol. The molecule has 0 aliphatic carbocycles. The third-order valence-corrected chi connectivity index (χ3v) is 3.70. The van der Waals surface area contributed by atoms with Gasteiger partial charge >= 0.3 is 0 Å². The number of carboxylic acid groups (broad SMARTS) is 1. The molecule has 0 aliphatic rings. The first kappa shape index (κ1) is 17.1. The lowest BCUT2D eigenvalue weighted by Crippen LogP contribution is -2.27. The second kappa shape index (κ2) is 6.85. The standard InChI is InChI=1S/C15H11Cl2NO5/c1-8(15(19)20)9-6-12(16)14(13(17)7-9)23-11-4-2-10(3-5-11)18(21)22/h2-8H,1H3,(H,19,20)/p-1. The molecule has 0 aromatic heterocycles. The lowest BCUT2D eigenvalue weighted by atomic mass is 10.0. The summed E-state index contributed by atoms with van der Waals surface area (Å²) < 4.78 is 5.52. The van der Waals surface area contributed by atoms with Crippen LogP contribution in [0.3, 0.4) is 0 Å². The Hall–Kier alpha value is -2.31. The van der Waals surface area contributed by atoms with Crippen LogP contribution in [0.25, 0.3) is 0 Å². The van der Waals surface area contributed by atoms with Crippen molar-refractivity contribution in [2.45, 2.75) is 12.8 Å². The molecule has 0 radical (unpaired) electrons. The molecule has 0 amide bonds. The molecule has 0 N–H and O–H groups in total. The number of nitro groups is 1. The number of non-ortho nitro benzene ring substituents is 1. The molecule has 0 heterocycles. The molecule has 2 rings (SSSR count). The molecule has 0 spiro atoms. The maximum atomic E-state index is 10.9. The molecule has 120 valence electrons. The molecule has 8 heteroatoms. The van der Waals surface area contributed by atoms with E-state index < -0.39 is 16.8 Å². The molecule has 0 saturated heterocycles. The van der Waals surface area contributed by atoms with Crippen LogP contribution in [0.15, 0.2) is 36.4 Å². The Balaban J connectivity index is 2.30. The van der Waals surface area contributed by atoms with Gasteiger partial charge in [-0.25, -0.2) is 0 Å². The number of rotatable bonds is 5. The van der Waals surface area contributed by atoms with Gasteiger partial charge in [0, 0.05) is 24.0 Å². The van der Waals surface area contributed by atoms with Crippen molar-refractivity contribution in [3.8, 4) is 11.5 Å². The van der Waals surface area contributed by atoms with Crippen LogP contribution in [0.4, 0.5) is 5.69 Å². The first-order valence-electron chi connectivity index (χ1n) is 6.41. The Morgan fingerprint density at radius 3 is 2.13 bits per heavy atom. The molecule has 1 atom stereocenters. The highest BCUT2D eigenvalue weighted by Gasteiger charge is 2.15. The first-order chi connectivity index (χ1) is 10.8. The van der Waals surface area contributed by atoms with E-state index in [4.69, 9.17) is 27.9 Å². The van der Waals surface area contributed by atoms with Gasteiger partial charge in [-0.1, -0.05) is 30.1 Å². The molecule has 0 saturated carbocycles. The van der Waals surface area contributed by atoms with Crippen molar-refractivity contribution in [1.29, 1.82) is 0 Å². The Kier molecular flexibility index (Phi) is 5.08. The maximum Gasteiger partial charge on any atom is 0.269 e. The minimum Gasteiger partial charge on any atom is -0.550 e. The largest absolute Gasteiger partial charge is 0.550 e. The van der Waals surface area contributed by atoms with Gasteiger partial charge in [0.15, 0.2) is 5.75 Å². The smallest absolute Gasteiger partial charge is 0.269 e. The van der Waals surface area contributed by atoms with Crippen LogP contribution in [-0.4, -0.2) is 10.9 Å². The normalized spacial score (nSPS) is 11.8. The summed E-state index contributed by atoms with van der Waals surface area (Å²) in [7, 11) is 0. The fourth-order valence-electron chi connectivity index (χ4n) is 1.82. The fourth-order valence-corrected chi connectivity index (χ4v) is 2.40. The minimum absolute atomic E-state index is 0.0762. The molecule has 0 aliphatic heterocycles. The monoisotopic (exact) mass is 354 g/mol. The molecular formula is C15H10Cl2NO5-. The summed E-state index contributed by atoms with van der Waals surface area (Å²) >= 11 is 12.2. The van der Waals surface area contributed by atoms with E-state index in [0.717, 1.165) is 0 Å². The first-order valence-corrected chi connectivity index (χ1v) is 7.17. The van der Waals surface area contributed by atoms with E-state index in [-0.39, 0.29) is 21.5 Å². The van der Waals surface area contributed by atoms with Crippen LogP contribution in [0.2, 0.25) is 10.0 Å². The number of benzene rings is 2. The van der Waals surface area contributed by atoms with Gasteiger partial charge in [-0.3, -0.25) is 10.1 Å². The summed E-state index contributed by atoms with van der Waals surface area (Å²) in [4.78, 5) is 21.0. The Morgan fingerprint density at radius 2 is 1.70 bits per heavy atom. The molecule has 0 bridgehead atoms. The topological polar surface area (TPSA) is 92.5 Å². The second-order valence-electron chi connectivity index (χ2n) is 4.71. The summed E-state index contributed by atoms with van der Waals surface area (Å²) in [5, 5.41) is 21.8. The van der Waals surface area contributed by atoms with E-state index in [1.165, 1.54) is 43.3 Å². The minimum atomic E-state index is -1.25. The highest BCUT2D eigenvalue weighted by molar-refractivity contribution is 6.37. The van der Waals surface area contributed by atoms with Crippen molar-refractivity contribution in [3.05, 3.63) is 62.1 Å². The molecule has 23 heavy (non-hydrogen) atoms. The molecule has 2 aromatic carbocycles. The molecule has 6 nitrogen and oxygen atoms in total. The number of halogens is 2. The van der Waals surface area contributed by atoms with Crippen molar-refractivity contribution >= 4 is 34.9 Å². The van der Waals surface area contributed by atoms with E-state index in [1.807, 2.05) is 0 Å². The average Bonchev–Trinajstić information content (AvgIpc) is 2.50. The number of hydrogen-bond acceptors (Lipinski definition) is 5. The molecule has 0 fully saturated rings. The van der Waals surface area contributed by atoms with E-state index >= 15 is 0 Å². The Labute approximate surface area is 141 Å². The van der Waals surface area contributed by atoms with Crippen LogP contribution >= 0.6 is 23.2 Å². The SMILES string of the molecule is CC(C(=O)[O-])c1cc(Cl)c(Oc2ccc([N+](=O)[O-])cc2)c(Cl)c1. The Morgan fingerprint density at radius 1 is 1.17 bits per heavy atom. The van der Waals surface area contributed by atoms with Gasteiger partial charge < -0.3 is 14.6 Å². The van der Waals surface area contributed by atoms with Crippen molar-refractivity contribution in [2.75, 3.05) is 0 Å². The number of nitro benzene ring substituents is 1. The Bertz CT molecular complexity index is 738. The van der Waals surface area contributed by atoms with Gasteiger partial charge in [0.05, 0.1) is 15.0 Å². The lowest BCUT2D eigenvalue weighted by molar-refractivity contribution is -0.384. The van der Waals surface area contributed by atoms with Gasteiger partial charge in [0.2, 0.25) is 0 Å². The van der Waals surface area contributed by atoms with Crippen LogP contribution in [-0.2, 0) is 4.79 Å². The summed E-state index contributed by atoms with van der Waals surface area (Å²) in [5.74, 6) is -1.68. The summed E-state index contributed by atoms with van der Waals surface area (Å²) in [6, 6.07) is 8.22. The molecule has 1 unspecified atom stereocenters. The third kappa shape index (κ3) is 3.91. The summed E-state index contributed by atoms with van der Waals surface area (Å²) in [6.45, 7) is 1.45. The van der Waals surface area contributed by atoms with Crippen LogP contribution in [0, 0.1) is 10.1 Å². The van der Waals surface area contributed by atoms with Crippen LogP contribution in [0.1, 0.15) is 18.4 Å². The average molecular weight is 355 g/mol. The van der Waals surface area contributed by atoms with Crippen LogP contribution in [0.5, 0.6) is 11.5 Å². The van der Waals surface area contributed by atoms with Gasteiger partial charge in [0.25, 0.3) is 5.69 Å². The third-order valence-electron chi connectivity index (χ3n) is 3.14. The highest BCUT2D eigenvalue weighted by atomic mass is 35.5. The van der Waals surface area contributed by atoms with Crippen molar-refractivity contribution < 1.29 is 19.6 Å². The fraction of sp³-hybridized carbons (Fsp3) is 0.133. The summed E-state index contributed by atoms with van der Waals surface area (Å²) in [6.07, 6.45) is 0. The van der Waals surface area contributed by atoms with E-state index in [9.17, 15) is 20.0 Å². The molecule has 2 aromatic rings. The zero-order valence-corrected chi connectivity index (χ0v) is 13.3. The lowest BCUT2D eigenvalue weighted by Gasteiger charge is -2.16. The zero-order chi connectivity index (χ0) is 17.1. The number of nitrogens with zero attached hydrogens (tertiary/aromatic N) is 1. The van der Waals surface area contributed by atoms with Crippen molar-refractivity contribution in [1.82, 2.24) is 0 Å². The summed E-state index contributed by atoms with van der Waals surface area (Å²) in [5.41, 5.74) is 0.309. The number of carbonyl (C=O) groups excluding carboxylic acids is 1. The highest BCUT2D eigenvalue weighted by Crippen LogP contribution is 2.39. The van der Waals surface area contributed by atoms with E-state index in [2.05, 4.69) is 0 Å². The van der Waals surface area contributed by atoms with E-state index in [1.54, 1.807) is 0 Å². The number of aliphatic carboxylic acids is 1. The quantitative estimate of drug-likeness (QED) is 0.604. The predicted octanol–water partition coefficient (Wildman–Crippen LogP) is 3.55. The van der Waals surface area contributed by atoms with Crippen molar-refractivity contribution in [3.63, 3.8) is 0 Å².